The molecule has 0 unspecified atom stereocenters. The van der Waals surface area contributed by atoms with Crippen molar-refractivity contribution in [3.63, 3.8) is 0 Å². The molecule has 4 heteroatoms. The van der Waals surface area contributed by atoms with Gasteiger partial charge in [-0.05, 0) is 18.6 Å². The maximum atomic E-state index is 11.8. The Kier molecular flexibility index (Phi) is 3.59. The highest BCUT2D eigenvalue weighted by molar-refractivity contribution is 6.33. The average molecular weight is 251 g/mol. The zero-order valence-electron chi connectivity index (χ0n) is 9.11. The number of hydrogen-bond donors (Lipinski definition) is 0. The van der Waals surface area contributed by atoms with Crippen molar-refractivity contribution in [2.45, 2.75) is 19.3 Å². The van der Waals surface area contributed by atoms with Crippen molar-refractivity contribution in [1.82, 2.24) is 0 Å². The molecule has 2 rings (SSSR count). The van der Waals surface area contributed by atoms with Crippen LogP contribution in [0.4, 0.5) is 0 Å². The number of ether oxygens (including phenoxy) is 1. The highest BCUT2D eigenvalue weighted by Gasteiger charge is 2.17. The van der Waals surface area contributed by atoms with Gasteiger partial charge in [-0.3, -0.25) is 4.79 Å². The zero-order chi connectivity index (χ0) is 12.3. The molecule has 0 spiro atoms. The summed E-state index contributed by atoms with van der Waals surface area (Å²) >= 11 is 5.88. The van der Waals surface area contributed by atoms with Crippen LogP contribution < -0.4 is 0 Å². The first-order valence-corrected chi connectivity index (χ1v) is 5.75. The van der Waals surface area contributed by atoms with Crippen molar-refractivity contribution >= 4 is 23.4 Å². The molecule has 0 N–H and O–H groups in total. The van der Waals surface area contributed by atoms with E-state index in [-0.39, 0.29) is 5.78 Å². The minimum absolute atomic E-state index is 0.00166. The Morgan fingerprint density at radius 3 is 2.71 bits per heavy atom. The fraction of sp³-hybridized carbons (Fsp3) is 0.231. The van der Waals surface area contributed by atoms with Gasteiger partial charge in [-0.25, -0.2) is 4.79 Å². The molecule has 17 heavy (non-hydrogen) atoms. The van der Waals surface area contributed by atoms with E-state index in [1.165, 1.54) is 6.08 Å². The minimum atomic E-state index is -0.517. The fourth-order valence-electron chi connectivity index (χ4n) is 1.64. The van der Waals surface area contributed by atoms with Gasteiger partial charge in [-0.2, -0.15) is 0 Å². The van der Waals surface area contributed by atoms with E-state index in [4.69, 9.17) is 16.3 Å². The second-order valence-corrected chi connectivity index (χ2v) is 4.21. The van der Waals surface area contributed by atoms with E-state index in [2.05, 4.69) is 0 Å². The Hall–Kier alpha value is -1.61. The van der Waals surface area contributed by atoms with Gasteiger partial charge in [0.25, 0.3) is 0 Å². The van der Waals surface area contributed by atoms with E-state index < -0.39 is 5.97 Å². The Labute approximate surface area is 104 Å². The number of carbonyl (C=O) groups excluding carboxylic acids is 2. The molecule has 1 aromatic carbocycles. The topological polar surface area (TPSA) is 43.4 Å². The summed E-state index contributed by atoms with van der Waals surface area (Å²) in [6.07, 6.45) is 3.24. The molecule has 0 fully saturated rings. The summed E-state index contributed by atoms with van der Waals surface area (Å²) in [5, 5.41) is 0.347. The second kappa shape index (κ2) is 5.15. The number of hydrogen-bond acceptors (Lipinski definition) is 3. The predicted octanol–water partition coefficient (Wildman–Crippen LogP) is 3.13. The van der Waals surface area contributed by atoms with Gasteiger partial charge in [0.1, 0.15) is 5.76 Å². The number of esters is 1. The molecule has 0 heterocycles. The maximum absolute atomic E-state index is 11.8. The zero-order valence-corrected chi connectivity index (χ0v) is 9.87. The molecule has 0 saturated carbocycles. The summed E-state index contributed by atoms with van der Waals surface area (Å²) in [7, 11) is 0. The van der Waals surface area contributed by atoms with Crippen molar-refractivity contribution in [3.8, 4) is 0 Å². The molecular formula is C13H11ClO3. The number of ketones is 1. The van der Waals surface area contributed by atoms with E-state index in [1.807, 2.05) is 0 Å². The number of rotatable bonds is 2. The predicted molar refractivity (Wildman–Crippen MR) is 63.8 cm³/mol. The van der Waals surface area contributed by atoms with Gasteiger partial charge in [0.2, 0.25) is 0 Å². The third-order valence-electron chi connectivity index (χ3n) is 2.49. The van der Waals surface area contributed by atoms with Gasteiger partial charge in [-0.15, -0.1) is 0 Å². The van der Waals surface area contributed by atoms with E-state index in [9.17, 15) is 9.59 Å². The van der Waals surface area contributed by atoms with Crippen LogP contribution in [-0.4, -0.2) is 11.8 Å². The van der Waals surface area contributed by atoms with Crippen molar-refractivity contribution in [1.29, 1.82) is 0 Å². The second-order valence-electron chi connectivity index (χ2n) is 3.80. The van der Waals surface area contributed by atoms with Gasteiger partial charge in [-0.1, -0.05) is 23.7 Å². The quantitative estimate of drug-likeness (QED) is 0.758. The summed E-state index contributed by atoms with van der Waals surface area (Å²) in [6, 6.07) is 6.67. The number of benzene rings is 1. The summed E-state index contributed by atoms with van der Waals surface area (Å²) in [5.41, 5.74) is 0.313. The van der Waals surface area contributed by atoms with Crippen LogP contribution in [0, 0.1) is 0 Å². The molecule has 0 saturated heterocycles. The first-order valence-electron chi connectivity index (χ1n) is 5.37. The minimum Gasteiger partial charge on any atom is -0.427 e. The number of allylic oxidation sites excluding steroid dienone is 2. The lowest BCUT2D eigenvalue weighted by Gasteiger charge is -2.12. The van der Waals surface area contributed by atoms with Crippen LogP contribution in [0.5, 0.6) is 0 Å². The molecule has 88 valence electrons. The average Bonchev–Trinajstić information content (AvgIpc) is 2.29. The van der Waals surface area contributed by atoms with Crippen LogP contribution in [0.15, 0.2) is 36.1 Å². The number of halogens is 1. The molecule has 0 atom stereocenters. The molecule has 1 aliphatic carbocycles. The molecule has 3 nitrogen and oxygen atoms in total. The summed E-state index contributed by atoms with van der Waals surface area (Å²) < 4.78 is 5.15. The van der Waals surface area contributed by atoms with E-state index in [0.29, 0.717) is 29.2 Å². The Morgan fingerprint density at radius 1 is 1.24 bits per heavy atom. The Balaban J connectivity index is 2.12. The summed E-state index contributed by atoms with van der Waals surface area (Å²) in [5.74, 6) is -0.0964. The van der Waals surface area contributed by atoms with Crippen LogP contribution in [0.1, 0.15) is 29.6 Å². The van der Waals surface area contributed by atoms with E-state index in [1.54, 1.807) is 24.3 Å². The standard InChI is InChI=1S/C13H11ClO3/c14-12-7-2-1-6-11(12)13(16)17-10-5-3-4-9(15)8-10/h1-2,6-8H,3-5H2. The number of carbonyl (C=O) groups is 2. The maximum Gasteiger partial charge on any atom is 0.344 e. The molecule has 0 radical (unpaired) electrons. The Morgan fingerprint density at radius 2 is 2.00 bits per heavy atom. The molecular weight excluding hydrogens is 240 g/mol. The van der Waals surface area contributed by atoms with Crippen LogP contribution in [0.2, 0.25) is 5.02 Å². The van der Waals surface area contributed by atoms with Gasteiger partial charge < -0.3 is 4.74 Å². The first kappa shape index (κ1) is 11.9. The molecule has 0 aliphatic heterocycles. The lowest BCUT2D eigenvalue weighted by Crippen LogP contribution is -2.10. The van der Waals surface area contributed by atoms with Gasteiger partial charge >= 0.3 is 5.97 Å². The van der Waals surface area contributed by atoms with E-state index >= 15 is 0 Å². The summed E-state index contributed by atoms with van der Waals surface area (Å²) in [4.78, 5) is 22.9. The van der Waals surface area contributed by atoms with E-state index in [0.717, 1.165) is 6.42 Å². The van der Waals surface area contributed by atoms with Crippen LogP contribution >= 0.6 is 11.6 Å². The highest BCUT2D eigenvalue weighted by Crippen LogP contribution is 2.21. The van der Waals surface area contributed by atoms with Crippen molar-refractivity contribution in [3.05, 3.63) is 46.7 Å². The van der Waals surface area contributed by atoms with Crippen LogP contribution in [0.25, 0.3) is 0 Å². The van der Waals surface area contributed by atoms with Gasteiger partial charge in [0.05, 0.1) is 10.6 Å². The lowest BCUT2D eigenvalue weighted by molar-refractivity contribution is -0.115. The van der Waals surface area contributed by atoms with Gasteiger partial charge in [0.15, 0.2) is 5.78 Å². The fourth-order valence-corrected chi connectivity index (χ4v) is 1.85. The van der Waals surface area contributed by atoms with Crippen LogP contribution in [0.3, 0.4) is 0 Å². The SMILES string of the molecule is O=C1C=C(OC(=O)c2ccccc2Cl)CCC1. The third-order valence-corrected chi connectivity index (χ3v) is 2.82. The van der Waals surface area contributed by atoms with Crippen molar-refractivity contribution in [2.24, 2.45) is 0 Å². The molecule has 0 aromatic heterocycles. The Bertz CT molecular complexity index is 491. The molecule has 1 aliphatic rings. The first-order chi connectivity index (χ1) is 8.16. The molecule has 0 bridgehead atoms. The lowest BCUT2D eigenvalue weighted by atomic mass is 10.1. The van der Waals surface area contributed by atoms with Crippen molar-refractivity contribution < 1.29 is 14.3 Å². The smallest absolute Gasteiger partial charge is 0.344 e. The third kappa shape index (κ3) is 2.94. The molecule has 0 amide bonds. The normalized spacial score (nSPS) is 15.4. The van der Waals surface area contributed by atoms with Gasteiger partial charge in [0, 0.05) is 18.9 Å². The van der Waals surface area contributed by atoms with Crippen molar-refractivity contribution in [2.75, 3.05) is 0 Å². The summed E-state index contributed by atoms with van der Waals surface area (Å²) in [6.45, 7) is 0. The highest BCUT2D eigenvalue weighted by atomic mass is 35.5. The molecule has 1 aromatic rings. The monoisotopic (exact) mass is 250 g/mol. The largest absolute Gasteiger partial charge is 0.427 e. The van der Waals surface area contributed by atoms with Crippen LogP contribution in [-0.2, 0) is 9.53 Å².